The van der Waals surface area contributed by atoms with E-state index in [0.717, 1.165) is 31.2 Å². The van der Waals surface area contributed by atoms with Gasteiger partial charge < -0.3 is 9.64 Å². The van der Waals surface area contributed by atoms with Crippen LogP contribution in [0, 0.1) is 5.92 Å². The van der Waals surface area contributed by atoms with Gasteiger partial charge in [-0.3, -0.25) is 9.59 Å². The van der Waals surface area contributed by atoms with Crippen LogP contribution >= 0.6 is 0 Å². The summed E-state index contributed by atoms with van der Waals surface area (Å²) < 4.78 is 5.34. The summed E-state index contributed by atoms with van der Waals surface area (Å²) in [6.45, 7) is 2.12. The average Bonchev–Trinajstić information content (AvgIpc) is 2.74. The second-order valence-corrected chi connectivity index (χ2v) is 8.32. The fraction of sp³-hybridized carbons (Fsp3) is 0.667. The summed E-state index contributed by atoms with van der Waals surface area (Å²) in [4.78, 5) is 28.7. The van der Waals surface area contributed by atoms with Gasteiger partial charge in [0.25, 0.3) is 0 Å². The minimum Gasteiger partial charge on any atom is -0.465 e. The molecular weight excluding hydrogens is 350 g/mol. The van der Waals surface area contributed by atoms with E-state index < -0.39 is 5.92 Å². The average molecular weight is 386 g/mol. The molecule has 4 heteroatoms. The zero-order chi connectivity index (χ0) is 19.8. The normalized spacial score (nSPS) is 19.8. The van der Waals surface area contributed by atoms with Crippen molar-refractivity contribution in [3.63, 3.8) is 0 Å². The number of carbonyl (C=O) groups is 2. The molecule has 4 nitrogen and oxygen atoms in total. The van der Waals surface area contributed by atoms with Crippen LogP contribution in [-0.2, 0) is 20.7 Å². The van der Waals surface area contributed by atoms with E-state index in [0.29, 0.717) is 13.0 Å². The highest BCUT2D eigenvalue weighted by molar-refractivity contribution is 5.98. The van der Waals surface area contributed by atoms with Crippen molar-refractivity contribution in [1.29, 1.82) is 0 Å². The summed E-state index contributed by atoms with van der Waals surface area (Å²) in [5, 5.41) is 0. The molecule has 0 radical (unpaired) electrons. The Bertz CT molecular complexity index is 600. The maximum absolute atomic E-state index is 13.8. The fourth-order valence-corrected chi connectivity index (χ4v) is 4.92. The monoisotopic (exact) mass is 385 g/mol. The van der Waals surface area contributed by atoms with Gasteiger partial charge >= 0.3 is 5.97 Å². The highest BCUT2D eigenvalue weighted by Crippen LogP contribution is 2.32. The minimum absolute atomic E-state index is 0.00102. The summed E-state index contributed by atoms with van der Waals surface area (Å²) in [5.41, 5.74) is 1.01. The summed E-state index contributed by atoms with van der Waals surface area (Å²) >= 11 is 0. The molecule has 2 aliphatic rings. The van der Waals surface area contributed by atoms with Gasteiger partial charge in [0.1, 0.15) is 5.92 Å². The Morgan fingerprint density at radius 3 is 1.96 bits per heavy atom. The quantitative estimate of drug-likeness (QED) is 0.495. The Morgan fingerprint density at radius 2 is 1.46 bits per heavy atom. The van der Waals surface area contributed by atoms with Crippen LogP contribution in [0.4, 0.5) is 0 Å². The molecule has 154 valence electrons. The Morgan fingerprint density at radius 1 is 0.929 bits per heavy atom. The van der Waals surface area contributed by atoms with Gasteiger partial charge in [-0.2, -0.15) is 0 Å². The Kier molecular flexibility index (Phi) is 7.93. The molecule has 0 heterocycles. The van der Waals surface area contributed by atoms with Crippen molar-refractivity contribution < 1.29 is 14.3 Å². The van der Waals surface area contributed by atoms with E-state index in [9.17, 15) is 9.59 Å². The lowest BCUT2D eigenvalue weighted by molar-refractivity contribution is -0.158. The molecule has 0 aromatic heterocycles. The van der Waals surface area contributed by atoms with Crippen LogP contribution in [0.1, 0.15) is 76.7 Å². The van der Waals surface area contributed by atoms with E-state index in [2.05, 4.69) is 4.90 Å². The van der Waals surface area contributed by atoms with Crippen molar-refractivity contribution in [2.45, 2.75) is 89.6 Å². The molecule has 1 aromatic carbocycles. The number of nitrogens with zero attached hydrogens (tertiary/aromatic N) is 1. The number of hydrogen-bond acceptors (Lipinski definition) is 3. The molecular formula is C24H35NO3. The molecule has 0 N–H and O–H groups in total. The van der Waals surface area contributed by atoms with E-state index in [1.807, 2.05) is 37.3 Å². The van der Waals surface area contributed by atoms with Crippen molar-refractivity contribution in [3.8, 4) is 0 Å². The van der Waals surface area contributed by atoms with Gasteiger partial charge in [0.2, 0.25) is 5.91 Å². The van der Waals surface area contributed by atoms with E-state index in [4.69, 9.17) is 4.74 Å². The van der Waals surface area contributed by atoms with E-state index in [-0.39, 0.29) is 24.0 Å². The molecule has 1 unspecified atom stereocenters. The first kappa shape index (κ1) is 20.9. The van der Waals surface area contributed by atoms with Crippen molar-refractivity contribution in [2.75, 3.05) is 6.61 Å². The predicted molar refractivity (Wildman–Crippen MR) is 111 cm³/mol. The number of amides is 1. The SMILES string of the molecule is CCOC(=O)C(Cc1ccccc1)C(=O)N(C1CCCCC1)C1CCCCC1. The van der Waals surface area contributed by atoms with Crippen LogP contribution in [0.5, 0.6) is 0 Å². The van der Waals surface area contributed by atoms with Gasteiger partial charge in [-0.15, -0.1) is 0 Å². The van der Waals surface area contributed by atoms with E-state index in [1.165, 1.54) is 38.5 Å². The number of carbonyl (C=O) groups excluding carboxylic acids is 2. The third-order valence-corrected chi connectivity index (χ3v) is 6.34. The zero-order valence-electron chi connectivity index (χ0n) is 17.3. The molecule has 1 aromatic rings. The molecule has 28 heavy (non-hydrogen) atoms. The third kappa shape index (κ3) is 5.36. The lowest BCUT2D eigenvalue weighted by Crippen LogP contribution is -2.52. The lowest BCUT2D eigenvalue weighted by atomic mass is 9.86. The fourth-order valence-electron chi connectivity index (χ4n) is 4.92. The smallest absolute Gasteiger partial charge is 0.318 e. The molecule has 0 aliphatic heterocycles. The predicted octanol–water partition coefficient (Wildman–Crippen LogP) is 4.90. The topological polar surface area (TPSA) is 46.6 Å². The number of ether oxygens (including phenoxy) is 1. The van der Waals surface area contributed by atoms with Gasteiger partial charge in [-0.05, 0) is 44.6 Å². The molecule has 0 saturated heterocycles. The summed E-state index contributed by atoms with van der Waals surface area (Å²) in [6.07, 6.45) is 12.0. The Balaban J connectivity index is 1.85. The molecule has 2 aliphatic carbocycles. The van der Waals surface area contributed by atoms with E-state index >= 15 is 0 Å². The first-order valence-electron chi connectivity index (χ1n) is 11.2. The molecule has 0 spiro atoms. The minimum atomic E-state index is -0.730. The van der Waals surface area contributed by atoms with Crippen LogP contribution in [0.15, 0.2) is 30.3 Å². The van der Waals surface area contributed by atoms with Crippen LogP contribution < -0.4 is 0 Å². The number of esters is 1. The van der Waals surface area contributed by atoms with Crippen LogP contribution in [0.2, 0.25) is 0 Å². The Hall–Kier alpha value is -1.84. The molecule has 2 saturated carbocycles. The van der Waals surface area contributed by atoms with Gasteiger partial charge in [0.05, 0.1) is 6.61 Å². The zero-order valence-corrected chi connectivity index (χ0v) is 17.3. The van der Waals surface area contributed by atoms with Gasteiger partial charge in [0.15, 0.2) is 0 Å². The van der Waals surface area contributed by atoms with Gasteiger partial charge in [0, 0.05) is 12.1 Å². The highest BCUT2D eigenvalue weighted by Gasteiger charge is 2.39. The lowest BCUT2D eigenvalue weighted by Gasteiger charge is -2.43. The van der Waals surface area contributed by atoms with Crippen LogP contribution in [0.3, 0.4) is 0 Å². The summed E-state index contributed by atoms with van der Waals surface area (Å²) in [7, 11) is 0. The van der Waals surface area contributed by atoms with Gasteiger partial charge in [-0.25, -0.2) is 0 Å². The number of rotatable bonds is 7. The molecule has 3 rings (SSSR count). The number of hydrogen-bond donors (Lipinski definition) is 0. The largest absolute Gasteiger partial charge is 0.465 e. The van der Waals surface area contributed by atoms with Crippen LogP contribution in [-0.4, -0.2) is 35.5 Å². The molecule has 0 bridgehead atoms. The molecule has 1 atom stereocenters. The van der Waals surface area contributed by atoms with Crippen molar-refractivity contribution >= 4 is 11.9 Å². The maximum Gasteiger partial charge on any atom is 0.318 e. The number of benzene rings is 1. The van der Waals surface area contributed by atoms with Crippen LogP contribution in [0.25, 0.3) is 0 Å². The first-order chi connectivity index (χ1) is 13.7. The maximum atomic E-state index is 13.8. The first-order valence-corrected chi connectivity index (χ1v) is 11.2. The second-order valence-electron chi connectivity index (χ2n) is 8.32. The van der Waals surface area contributed by atoms with Crippen molar-refractivity contribution in [3.05, 3.63) is 35.9 Å². The standard InChI is InChI=1S/C24H35NO3/c1-2-28-24(27)22(18-19-12-6-3-7-13-19)23(26)25(20-14-8-4-9-15-20)21-16-10-5-11-17-21/h3,6-7,12-13,20-22H,2,4-5,8-11,14-18H2,1H3. The summed E-state index contributed by atoms with van der Waals surface area (Å²) in [5.74, 6) is -1.10. The Labute approximate surface area is 169 Å². The van der Waals surface area contributed by atoms with E-state index in [1.54, 1.807) is 0 Å². The molecule has 1 amide bonds. The summed E-state index contributed by atoms with van der Waals surface area (Å²) in [6, 6.07) is 10.4. The van der Waals surface area contributed by atoms with Crippen molar-refractivity contribution in [2.24, 2.45) is 5.92 Å². The van der Waals surface area contributed by atoms with Gasteiger partial charge in [-0.1, -0.05) is 68.9 Å². The highest BCUT2D eigenvalue weighted by atomic mass is 16.5. The third-order valence-electron chi connectivity index (χ3n) is 6.34. The molecule has 2 fully saturated rings. The second kappa shape index (κ2) is 10.6. The van der Waals surface area contributed by atoms with Crippen molar-refractivity contribution in [1.82, 2.24) is 4.90 Å².